The molecule has 0 aromatic heterocycles. The summed E-state index contributed by atoms with van der Waals surface area (Å²) in [5, 5.41) is 0. The lowest BCUT2D eigenvalue weighted by molar-refractivity contribution is -0.168. The molecule has 0 unspecified atom stereocenters. The molecule has 0 atom stereocenters. The van der Waals surface area contributed by atoms with Gasteiger partial charge >= 0.3 is 5.97 Å². The van der Waals surface area contributed by atoms with Gasteiger partial charge < -0.3 is 4.74 Å². The number of carbonyl (C=O) groups is 1. The molecule has 0 heterocycles. The highest BCUT2D eigenvalue weighted by molar-refractivity contribution is 5.78. The smallest absolute Gasteiger partial charge is 0.312 e. The van der Waals surface area contributed by atoms with Crippen LogP contribution >= 0.6 is 0 Å². The molecule has 24 heavy (non-hydrogen) atoms. The largest absolute Gasteiger partial charge is 0.454 e. The second-order valence-corrected chi connectivity index (χ2v) is 7.84. The first-order chi connectivity index (χ1) is 11.2. The quantitative estimate of drug-likeness (QED) is 0.595. The molecule has 0 radical (unpaired) electrons. The molecule has 0 fully saturated rings. The lowest BCUT2D eigenvalue weighted by atomic mass is 9.89. The minimum absolute atomic E-state index is 0.143. The Morgan fingerprint density at radius 2 is 1.67 bits per heavy atom. The molecule has 0 amide bonds. The Kier molecular flexibility index (Phi) is 4.03. The molecule has 1 aliphatic carbocycles. The predicted molar refractivity (Wildman–Crippen MR) is 97.9 cm³/mol. The minimum Gasteiger partial charge on any atom is -0.454 e. The summed E-state index contributed by atoms with van der Waals surface area (Å²) in [5.41, 5.74) is 5.21. The van der Waals surface area contributed by atoms with Crippen LogP contribution in [0.4, 0.5) is 0 Å². The van der Waals surface area contributed by atoms with Crippen molar-refractivity contribution < 1.29 is 9.53 Å². The van der Waals surface area contributed by atoms with Crippen LogP contribution in [0.15, 0.2) is 42.5 Å². The van der Waals surface area contributed by atoms with Crippen LogP contribution in [0.2, 0.25) is 0 Å². The maximum atomic E-state index is 12.5. The van der Waals surface area contributed by atoms with Crippen LogP contribution in [0.5, 0.6) is 0 Å². The van der Waals surface area contributed by atoms with Gasteiger partial charge in [0.25, 0.3) is 0 Å². The van der Waals surface area contributed by atoms with Crippen molar-refractivity contribution in [3.63, 3.8) is 0 Å². The lowest BCUT2D eigenvalue weighted by Crippen LogP contribution is -2.33. The molecule has 0 N–H and O–H groups in total. The standard InChI is InChI=1S/C22H26O2/c1-6-21(2,3)20(23)24-22(4,5)17-12-11-16-13-15-9-7-8-10-18(15)19(16)14-17/h7-12,14H,6,13H2,1-5H3. The second kappa shape index (κ2) is 5.77. The lowest BCUT2D eigenvalue weighted by Gasteiger charge is -2.31. The fraction of sp³-hybridized carbons (Fsp3) is 0.409. The zero-order chi connectivity index (χ0) is 17.5. The molecule has 2 nitrogen and oxygen atoms in total. The molecule has 3 rings (SSSR count). The number of benzene rings is 2. The van der Waals surface area contributed by atoms with Gasteiger partial charge in [0.1, 0.15) is 5.60 Å². The molecular formula is C22H26O2. The second-order valence-electron chi connectivity index (χ2n) is 7.84. The highest BCUT2D eigenvalue weighted by Gasteiger charge is 2.34. The fourth-order valence-corrected chi connectivity index (χ4v) is 3.07. The summed E-state index contributed by atoms with van der Waals surface area (Å²) in [6, 6.07) is 15.0. The third-order valence-electron chi connectivity index (χ3n) is 5.28. The van der Waals surface area contributed by atoms with E-state index in [1.165, 1.54) is 22.3 Å². The zero-order valence-corrected chi connectivity index (χ0v) is 15.3. The molecule has 2 aromatic carbocycles. The third-order valence-corrected chi connectivity index (χ3v) is 5.28. The highest BCUT2D eigenvalue weighted by atomic mass is 16.6. The Labute approximate surface area is 144 Å². The summed E-state index contributed by atoms with van der Waals surface area (Å²) in [5.74, 6) is -0.143. The molecule has 2 aromatic rings. The molecule has 1 aliphatic rings. The predicted octanol–water partition coefficient (Wildman–Crippen LogP) is 5.47. The summed E-state index contributed by atoms with van der Waals surface area (Å²) < 4.78 is 5.89. The van der Waals surface area contributed by atoms with Crippen molar-refractivity contribution in [3.8, 4) is 11.1 Å². The van der Waals surface area contributed by atoms with E-state index in [0.717, 1.165) is 18.4 Å². The van der Waals surface area contributed by atoms with Crippen molar-refractivity contribution in [3.05, 3.63) is 59.2 Å². The molecule has 0 saturated heterocycles. The van der Waals surface area contributed by atoms with Crippen molar-refractivity contribution >= 4 is 5.97 Å². The number of hydrogen-bond acceptors (Lipinski definition) is 2. The first-order valence-electron chi connectivity index (χ1n) is 8.70. The Balaban J connectivity index is 1.93. The summed E-state index contributed by atoms with van der Waals surface area (Å²) in [4.78, 5) is 12.5. The van der Waals surface area contributed by atoms with E-state index >= 15 is 0 Å². The third kappa shape index (κ3) is 2.86. The summed E-state index contributed by atoms with van der Waals surface area (Å²) in [6.07, 6.45) is 1.74. The first-order valence-corrected chi connectivity index (χ1v) is 8.70. The molecule has 0 spiro atoms. The minimum atomic E-state index is -0.643. The van der Waals surface area contributed by atoms with Gasteiger partial charge in [-0.15, -0.1) is 0 Å². The van der Waals surface area contributed by atoms with Crippen LogP contribution in [0.1, 0.15) is 57.7 Å². The fourth-order valence-electron chi connectivity index (χ4n) is 3.07. The Morgan fingerprint density at radius 3 is 2.38 bits per heavy atom. The normalized spacial score (nSPS) is 13.4. The maximum absolute atomic E-state index is 12.5. The summed E-state index contributed by atoms with van der Waals surface area (Å²) in [7, 11) is 0. The van der Waals surface area contributed by atoms with E-state index in [1.54, 1.807) is 0 Å². The van der Waals surface area contributed by atoms with E-state index in [2.05, 4.69) is 42.5 Å². The molecule has 126 valence electrons. The SMILES string of the molecule is CCC(C)(C)C(=O)OC(C)(C)c1ccc2c(c1)-c1ccccc1C2. The van der Waals surface area contributed by atoms with E-state index in [1.807, 2.05) is 34.6 Å². The molecule has 0 bridgehead atoms. The maximum Gasteiger partial charge on any atom is 0.312 e. The van der Waals surface area contributed by atoms with Crippen LogP contribution < -0.4 is 0 Å². The van der Waals surface area contributed by atoms with Gasteiger partial charge in [-0.2, -0.15) is 0 Å². The molecular weight excluding hydrogens is 296 g/mol. The summed E-state index contributed by atoms with van der Waals surface area (Å²) >= 11 is 0. The van der Waals surface area contributed by atoms with Gasteiger partial charge in [0.15, 0.2) is 0 Å². The van der Waals surface area contributed by atoms with Gasteiger partial charge in [-0.1, -0.05) is 43.3 Å². The van der Waals surface area contributed by atoms with Gasteiger partial charge in [-0.25, -0.2) is 0 Å². The van der Waals surface area contributed by atoms with Gasteiger partial charge in [-0.3, -0.25) is 4.79 Å². The molecule has 2 heteroatoms. The van der Waals surface area contributed by atoms with Gasteiger partial charge in [0.05, 0.1) is 5.41 Å². The van der Waals surface area contributed by atoms with Crippen molar-refractivity contribution in [2.24, 2.45) is 5.41 Å². The number of esters is 1. The van der Waals surface area contributed by atoms with E-state index in [0.29, 0.717) is 0 Å². The van der Waals surface area contributed by atoms with Crippen LogP contribution in [-0.2, 0) is 21.6 Å². The van der Waals surface area contributed by atoms with Crippen molar-refractivity contribution in [2.75, 3.05) is 0 Å². The van der Waals surface area contributed by atoms with Crippen molar-refractivity contribution in [2.45, 2.75) is 53.1 Å². The monoisotopic (exact) mass is 322 g/mol. The van der Waals surface area contributed by atoms with Gasteiger partial charge in [0.2, 0.25) is 0 Å². The number of carbonyl (C=O) groups excluding carboxylic acids is 1. The topological polar surface area (TPSA) is 26.3 Å². The number of fused-ring (bicyclic) bond motifs is 3. The van der Waals surface area contributed by atoms with E-state index in [4.69, 9.17) is 4.74 Å². The Morgan fingerprint density at radius 1 is 1.00 bits per heavy atom. The zero-order valence-electron chi connectivity index (χ0n) is 15.3. The van der Waals surface area contributed by atoms with Crippen LogP contribution in [0.25, 0.3) is 11.1 Å². The van der Waals surface area contributed by atoms with Gasteiger partial charge in [0, 0.05) is 0 Å². The average Bonchev–Trinajstić information content (AvgIpc) is 2.92. The Bertz CT molecular complexity index is 784. The average molecular weight is 322 g/mol. The number of rotatable bonds is 4. The molecule has 0 saturated carbocycles. The van der Waals surface area contributed by atoms with Crippen LogP contribution in [-0.4, -0.2) is 5.97 Å². The molecule has 0 aliphatic heterocycles. The summed E-state index contributed by atoms with van der Waals surface area (Å²) in [6.45, 7) is 9.83. The van der Waals surface area contributed by atoms with E-state index < -0.39 is 11.0 Å². The van der Waals surface area contributed by atoms with Crippen molar-refractivity contribution in [1.82, 2.24) is 0 Å². The van der Waals surface area contributed by atoms with E-state index in [-0.39, 0.29) is 5.97 Å². The van der Waals surface area contributed by atoms with Crippen LogP contribution in [0, 0.1) is 5.41 Å². The highest BCUT2D eigenvalue weighted by Crippen LogP contribution is 2.39. The van der Waals surface area contributed by atoms with E-state index in [9.17, 15) is 4.79 Å². The number of hydrogen-bond donors (Lipinski definition) is 0. The Hall–Kier alpha value is -2.09. The number of ether oxygens (including phenoxy) is 1. The van der Waals surface area contributed by atoms with Gasteiger partial charge in [-0.05, 0) is 74.4 Å². The van der Waals surface area contributed by atoms with Crippen molar-refractivity contribution in [1.29, 1.82) is 0 Å². The first kappa shape index (κ1) is 16.8. The van der Waals surface area contributed by atoms with Crippen LogP contribution in [0.3, 0.4) is 0 Å².